The molecule has 0 aliphatic rings. The van der Waals surface area contributed by atoms with Gasteiger partial charge in [-0.3, -0.25) is 14.8 Å². The van der Waals surface area contributed by atoms with Gasteiger partial charge in [0.25, 0.3) is 5.69 Å². The molecule has 1 heterocycles. The van der Waals surface area contributed by atoms with Gasteiger partial charge < -0.3 is 0 Å². The Kier molecular flexibility index (Phi) is 4.81. The van der Waals surface area contributed by atoms with E-state index in [0.717, 1.165) is 5.56 Å². The van der Waals surface area contributed by atoms with Gasteiger partial charge in [0.05, 0.1) is 16.9 Å². The van der Waals surface area contributed by atoms with Crippen molar-refractivity contribution in [2.45, 2.75) is 18.7 Å². The highest BCUT2D eigenvalue weighted by atomic mass is 32.2. The van der Waals surface area contributed by atoms with E-state index in [1.165, 1.54) is 29.6 Å². The van der Waals surface area contributed by atoms with Gasteiger partial charge in [0, 0.05) is 43.5 Å². The van der Waals surface area contributed by atoms with Crippen molar-refractivity contribution in [3.8, 4) is 0 Å². The van der Waals surface area contributed by atoms with Crippen molar-refractivity contribution in [1.29, 1.82) is 0 Å². The number of nitro groups is 1. The number of benzene rings is 1. The van der Waals surface area contributed by atoms with Gasteiger partial charge >= 0.3 is 0 Å². The van der Waals surface area contributed by atoms with Gasteiger partial charge in [0.15, 0.2) is 0 Å². The molecule has 0 N–H and O–H groups in total. The zero-order chi connectivity index (χ0) is 17.2. The Morgan fingerprint density at radius 3 is 2.61 bits per heavy atom. The quantitative estimate of drug-likeness (QED) is 0.591. The molecule has 1 aromatic heterocycles. The summed E-state index contributed by atoms with van der Waals surface area (Å²) in [6.45, 7) is 1.74. The number of hydrogen-bond donors (Lipinski definition) is 0. The molecule has 1 atom stereocenters. The maximum absolute atomic E-state index is 12.6. The molecule has 1 aromatic carbocycles. The Morgan fingerprint density at radius 2 is 2.04 bits per heavy atom. The molecule has 23 heavy (non-hydrogen) atoms. The Balaban J connectivity index is 2.26. The van der Waals surface area contributed by atoms with Gasteiger partial charge in [-0.2, -0.15) is 9.40 Å². The van der Waals surface area contributed by atoms with E-state index in [9.17, 15) is 18.5 Å². The average Bonchev–Trinajstić information content (AvgIpc) is 2.92. The van der Waals surface area contributed by atoms with Crippen LogP contribution < -0.4 is 0 Å². The van der Waals surface area contributed by atoms with Crippen molar-refractivity contribution in [2.24, 2.45) is 7.05 Å². The molecule has 9 heteroatoms. The fourth-order valence-electron chi connectivity index (χ4n) is 2.22. The van der Waals surface area contributed by atoms with E-state index in [0.29, 0.717) is 0 Å². The van der Waals surface area contributed by atoms with Crippen LogP contribution in [0.1, 0.15) is 24.1 Å². The van der Waals surface area contributed by atoms with Gasteiger partial charge in [-0.05, 0) is 6.92 Å². The number of sulfonamides is 1. The van der Waals surface area contributed by atoms with Gasteiger partial charge in [0.2, 0.25) is 10.0 Å². The van der Waals surface area contributed by atoms with Crippen LogP contribution in [-0.2, 0) is 22.8 Å². The van der Waals surface area contributed by atoms with E-state index in [-0.39, 0.29) is 11.3 Å². The number of aromatic nitrogens is 2. The van der Waals surface area contributed by atoms with Crippen molar-refractivity contribution < 1.29 is 13.3 Å². The lowest BCUT2D eigenvalue weighted by Gasteiger charge is -2.23. The molecule has 2 aromatic rings. The van der Waals surface area contributed by atoms with Crippen molar-refractivity contribution in [3.63, 3.8) is 0 Å². The molecular formula is C14H18N4O4S. The number of nitro benzene ring substituents is 1. The minimum absolute atomic E-state index is 0.169. The maximum Gasteiger partial charge on any atom is 0.273 e. The highest BCUT2D eigenvalue weighted by Gasteiger charge is 2.28. The Bertz CT molecular complexity index is 816. The molecule has 0 unspecified atom stereocenters. The molecule has 0 saturated carbocycles. The third kappa shape index (κ3) is 3.74. The molecule has 0 spiro atoms. The summed E-state index contributed by atoms with van der Waals surface area (Å²) in [5.41, 5.74) is 0.724. The summed E-state index contributed by atoms with van der Waals surface area (Å²) in [6.07, 6.45) is 3.34. The minimum Gasteiger partial charge on any atom is -0.275 e. The molecule has 0 aliphatic heterocycles. The highest BCUT2D eigenvalue weighted by Crippen LogP contribution is 2.26. The van der Waals surface area contributed by atoms with Crippen LogP contribution in [0.5, 0.6) is 0 Å². The largest absolute Gasteiger partial charge is 0.275 e. The molecule has 0 bridgehead atoms. The maximum atomic E-state index is 12.6. The fraction of sp³-hybridized carbons (Fsp3) is 0.357. The van der Waals surface area contributed by atoms with Crippen LogP contribution in [0.4, 0.5) is 5.69 Å². The van der Waals surface area contributed by atoms with E-state index in [1.807, 2.05) is 0 Å². The summed E-state index contributed by atoms with van der Waals surface area (Å²) < 4.78 is 27.9. The predicted octanol–water partition coefficient (Wildman–Crippen LogP) is 1.85. The molecule has 0 aliphatic carbocycles. The second-order valence-electron chi connectivity index (χ2n) is 5.28. The van der Waals surface area contributed by atoms with Crippen LogP contribution in [0.2, 0.25) is 0 Å². The zero-order valence-electron chi connectivity index (χ0n) is 13.1. The number of para-hydroxylation sites is 1. The predicted molar refractivity (Wildman–Crippen MR) is 85.1 cm³/mol. The standard InChI is InChI=1S/C14H18N4O4S/c1-11(13-8-15-16(2)9-13)17(3)23(21,22)10-12-6-4-5-7-14(12)18(19)20/h4-9,11H,10H2,1-3H3/t11-/m1/s1. The van der Waals surface area contributed by atoms with Gasteiger partial charge in [-0.25, -0.2) is 8.42 Å². The van der Waals surface area contributed by atoms with Crippen LogP contribution in [-0.4, -0.2) is 34.5 Å². The minimum atomic E-state index is -3.72. The van der Waals surface area contributed by atoms with E-state index < -0.39 is 26.7 Å². The van der Waals surface area contributed by atoms with E-state index in [4.69, 9.17) is 0 Å². The summed E-state index contributed by atoms with van der Waals surface area (Å²) in [5.74, 6) is -0.425. The van der Waals surface area contributed by atoms with Crippen LogP contribution >= 0.6 is 0 Å². The molecule has 0 amide bonds. The fourth-order valence-corrected chi connectivity index (χ4v) is 3.66. The lowest BCUT2D eigenvalue weighted by molar-refractivity contribution is -0.385. The Labute approximate surface area is 134 Å². The Hall–Kier alpha value is -2.26. The van der Waals surface area contributed by atoms with Crippen LogP contribution in [0.3, 0.4) is 0 Å². The van der Waals surface area contributed by atoms with Gasteiger partial charge in [-0.15, -0.1) is 0 Å². The molecule has 124 valence electrons. The molecular weight excluding hydrogens is 320 g/mol. The highest BCUT2D eigenvalue weighted by molar-refractivity contribution is 7.88. The molecule has 2 rings (SSSR count). The first-order valence-electron chi connectivity index (χ1n) is 6.89. The lowest BCUT2D eigenvalue weighted by atomic mass is 10.2. The zero-order valence-corrected chi connectivity index (χ0v) is 13.9. The summed E-state index contributed by atoms with van der Waals surface area (Å²) in [4.78, 5) is 10.4. The number of nitrogens with zero attached hydrogens (tertiary/aromatic N) is 4. The van der Waals surface area contributed by atoms with E-state index in [1.54, 1.807) is 37.1 Å². The van der Waals surface area contributed by atoms with Crippen LogP contribution in [0.25, 0.3) is 0 Å². The number of hydrogen-bond acceptors (Lipinski definition) is 5. The second-order valence-corrected chi connectivity index (χ2v) is 7.31. The van der Waals surface area contributed by atoms with Crippen molar-refractivity contribution >= 4 is 15.7 Å². The summed E-state index contributed by atoms with van der Waals surface area (Å²) >= 11 is 0. The monoisotopic (exact) mass is 338 g/mol. The molecule has 0 saturated heterocycles. The molecule has 0 radical (unpaired) electrons. The normalized spacial score (nSPS) is 13.2. The smallest absolute Gasteiger partial charge is 0.273 e. The number of rotatable bonds is 6. The first-order valence-corrected chi connectivity index (χ1v) is 8.50. The lowest BCUT2D eigenvalue weighted by Crippen LogP contribution is -2.30. The third-order valence-electron chi connectivity index (χ3n) is 3.72. The second kappa shape index (κ2) is 6.47. The number of aryl methyl sites for hydroxylation is 1. The topological polar surface area (TPSA) is 98.3 Å². The van der Waals surface area contributed by atoms with Crippen LogP contribution in [0, 0.1) is 10.1 Å². The molecule has 8 nitrogen and oxygen atoms in total. The van der Waals surface area contributed by atoms with Gasteiger partial charge in [0.1, 0.15) is 0 Å². The van der Waals surface area contributed by atoms with Crippen LogP contribution in [0.15, 0.2) is 36.7 Å². The van der Waals surface area contributed by atoms with E-state index >= 15 is 0 Å². The van der Waals surface area contributed by atoms with Crippen molar-refractivity contribution in [2.75, 3.05) is 7.05 Å². The summed E-state index contributed by atoms with van der Waals surface area (Å²) in [6, 6.07) is 5.43. The molecule has 0 fully saturated rings. The average molecular weight is 338 g/mol. The summed E-state index contributed by atoms with van der Waals surface area (Å²) in [5, 5.41) is 15.1. The first-order chi connectivity index (χ1) is 10.7. The third-order valence-corrected chi connectivity index (χ3v) is 5.59. The van der Waals surface area contributed by atoms with Crippen molar-refractivity contribution in [1.82, 2.24) is 14.1 Å². The SMILES string of the molecule is C[C@H](c1cnn(C)c1)N(C)S(=O)(=O)Cc1ccccc1[N+](=O)[O-]. The van der Waals surface area contributed by atoms with Crippen molar-refractivity contribution in [3.05, 3.63) is 57.9 Å². The Morgan fingerprint density at radius 1 is 1.39 bits per heavy atom. The van der Waals surface area contributed by atoms with E-state index in [2.05, 4.69) is 5.10 Å². The first kappa shape index (κ1) is 17.1. The summed E-state index contributed by atoms with van der Waals surface area (Å²) in [7, 11) is -0.507. The van der Waals surface area contributed by atoms with Gasteiger partial charge in [-0.1, -0.05) is 18.2 Å².